The number of ether oxygens (including phenoxy) is 1. The minimum absolute atomic E-state index is 0.00910. The largest absolute Gasteiger partial charge is 0.381 e. The van der Waals surface area contributed by atoms with Crippen molar-refractivity contribution in [3.63, 3.8) is 0 Å². The number of hydrogen-bond donors (Lipinski definition) is 1. The smallest absolute Gasteiger partial charge is 0.240 e. The van der Waals surface area contributed by atoms with E-state index in [1.165, 1.54) is 0 Å². The van der Waals surface area contributed by atoms with Crippen LogP contribution in [0.1, 0.15) is 19.8 Å². The predicted octanol–water partition coefficient (Wildman–Crippen LogP) is 0.191. The van der Waals surface area contributed by atoms with Crippen LogP contribution >= 0.6 is 0 Å². The lowest BCUT2D eigenvalue weighted by atomic mass is 10.1. The van der Waals surface area contributed by atoms with Crippen molar-refractivity contribution in [2.45, 2.75) is 25.8 Å². The van der Waals surface area contributed by atoms with Gasteiger partial charge in [0.2, 0.25) is 5.91 Å². The average Bonchev–Trinajstić information content (AvgIpc) is 2.77. The highest BCUT2D eigenvalue weighted by Crippen LogP contribution is 2.17. The molecule has 0 spiro atoms. The van der Waals surface area contributed by atoms with E-state index in [-0.39, 0.29) is 11.9 Å². The van der Waals surface area contributed by atoms with Crippen LogP contribution < -0.4 is 5.32 Å². The molecule has 4 nitrogen and oxygen atoms in total. The van der Waals surface area contributed by atoms with Gasteiger partial charge in [-0.3, -0.25) is 10.1 Å². The van der Waals surface area contributed by atoms with Crippen molar-refractivity contribution < 1.29 is 9.53 Å². The zero-order valence-corrected chi connectivity index (χ0v) is 8.66. The van der Waals surface area contributed by atoms with Gasteiger partial charge < -0.3 is 9.64 Å². The van der Waals surface area contributed by atoms with Crippen molar-refractivity contribution in [3.8, 4) is 0 Å². The average molecular weight is 198 g/mol. The molecular formula is C10H18N2O2. The third-order valence-corrected chi connectivity index (χ3v) is 3.10. The summed E-state index contributed by atoms with van der Waals surface area (Å²) in [5.74, 6) is 0.905. The minimum atomic E-state index is 0.00910. The maximum absolute atomic E-state index is 11.5. The Balaban J connectivity index is 1.72. The molecule has 2 aliphatic heterocycles. The summed E-state index contributed by atoms with van der Waals surface area (Å²) in [5, 5.41) is 3.14. The molecule has 2 saturated heterocycles. The van der Waals surface area contributed by atoms with Crippen LogP contribution in [0.5, 0.6) is 0 Å². The highest BCUT2D eigenvalue weighted by molar-refractivity contribution is 5.83. The van der Waals surface area contributed by atoms with Gasteiger partial charge in [-0.15, -0.1) is 0 Å². The number of amides is 1. The fourth-order valence-corrected chi connectivity index (χ4v) is 2.02. The monoisotopic (exact) mass is 198 g/mol. The Hall–Kier alpha value is -0.610. The van der Waals surface area contributed by atoms with Gasteiger partial charge in [-0.25, -0.2) is 0 Å². The van der Waals surface area contributed by atoms with E-state index in [1.807, 2.05) is 11.8 Å². The molecule has 0 saturated carbocycles. The van der Waals surface area contributed by atoms with E-state index in [0.29, 0.717) is 12.6 Å². The van der Waals surface area contributed by atoms with Crippen LogP contribution in [-0.2, 0) is 9.53 Å². The standard InChI is InChI=1S/C10H18N2O2/c1-8-10(13)12(7-11-8)4-2-9-3-5-14-6-9/h8-9,11H,2-7H2,1H3. The normalized spacial score (nSPS) is 32.9. The Kier molecular flexibility index (Phi) is 3.03. The summed E-state index contributed by atoms with van der Waals surface area (Å²) in [6, 6.07) is 0.00910. The number of nitrogens with one attached hydrogen (secondary N) is 1. The molecule has 0 aromatic carbocycles. The van der Waals surface area contributed by atoms with Crippen LogP contribution in [0.2, 0.25) is 0 Å². The first-order chi connectivity index (χ1) is 6.77. The van der Waals surface area contributed by atoms with Crippen LogP contribution in [0.4, 0.5) is 0 Å². The van der Waals surface area contributed by atoms with Crippen LogP contribution in [0, 0.1) is 5.92 Å². The van der Waals surface area contributed by atoms with E-state index >= 15 is 0 Å². The molecule has 2 rings (SSSR count). The quantitative estimate of drug-likeness (QED) is 0.704. The molecule has 2 aliphatic rings. The number of hydrogen-bond acceptors (Lipinski definition) is 3. The van der Waals surface area contributed by atoms with Crippen LogP contribution in [-0.4, -0.2) is 43.3 Å². The number of carbonyl (C=O) groups excluding carboxylic acids is 1. The Labute approximate surface area is 84.6 Å². The molecule has 0 radical (unpaired) electrons. The fourth-order valence-electron chi connectivity index (χ4n) is 2.02. The van der Waals surface area contributed by atoms with E-state index in [2.05, 4.69) is 5.32 Å². The molecule has 2 heterocycles. The SMILES string of the molecule is CC1NCN(CCC2CCOC2)C1=O. The first kappa shape index (κ1) is 9.93. The van der Waals surface area contributed by atoms with E-state index in [4.69, 9.17) is 4.74 Å². The predicted molar refractivity (Wildman–Crippen MR) is 52.7 cm³/mol. The highest BCUT2D eigenvalue weighted by Gasteiger charge is 2.27. The van der Waals surface area contributed by atoms with Crippen molar-refractivity contribution >= 4 is 5.91 Å². The summed E-state index contributed by atoms with van der Waals surface area (Å²) in [4.78, 5) is 13.4. The molecule has 14 heavy (non-hydrogen) atoms. The van der Waals surface area contributed by atoms with E-state index in [0.717, 1.165) is 32.6 Å². The van der Waals surface area contributed by atoms with Crippen LogP contribution in [0.25, 0.3) is 0 Å². The first-order valence-electron chi connectivity index (χ1n) is 5.37. The topological polar surface area (TPSA) is 41.6 Å². The first-order valence-corrected chi connectivity index (χ1v) is 5.37. The Bertz CT molecular complexity index is 214. The number of nitrogens with zero attached hydrogens (tertiary/aromatic N) is 1. The second kappa shape index (κ2) is 4.28. The van der Waals surface area contributed by atoms with E-state index in [1.54, 1.807) is 0 Å². The summed E-state index contributed by atoms with van der Waals surface area (Å²) in [5.41, 5.74) is 0. The summed E-state index contributed by atoms with van der Waals surface area (Å²) in [6.07, 6.45) is 2.24. The third kappa shape index (κ3) is 2.07. The lowest BCUT2D eigenvalue weighted by molar-refractivity contribution is -0.128. The van der Waals surface area contributed by atoms with E-state index < -0.39 is 0 Å². The van der Waals surface area contributed by atoms with Gasteiger partial charge in [0.05, 0.1) is 12.7 Å². The summed E-state index contributed by atoms with van der Waals surface area (Å²) >= 11 is 0. The van der Waals surface area contributed by atoms with E-state index in [9.17, 15) is 4.79 Å². The maximum atomic E-state index is 11.5. The van der Waals surface area contributed by atoms with Crippen molar-refractivity contribution in [1.29, 1.82) is 0 Å². The molecule has 1 N–H and O–H groups in total. The van der Waals surface area contributed by atoms with Crippen LogP contribution in [0.15, 0.2) is 0 Å². The molecule has 2 fully saturated rings. The second-order valence-electron chi connectivity index (χ2n) is 4.20. The van der Waals surface area contributed by atoms with Crippen molar-refractivity contribution in [3.05, 3.63) is 0 Å². The zero-order valence-electron chi connectivity index (χ0n) is 8.66. The Morgan fingerprint density at radius 1 is 1.64 bits per heavy atom. The zero-order chi connectivity index (χ0) is 9.97. The Morgan fingerprint density at radius 2 is 2.50 bits per heavy atom. The second-order valence-corrected chi connectivity index (χ2v) is 4.20. The summed E-state index contributed by atoms with van der Waals surface area (Å²) < 4.78 is 5.30. The fraction of sp³-hybridized carbons (Fsp3) is 0.900. The van der Waals surface area contributed by atoms with Gasteiger partial charge in [-0.1, -0.05) is 0 Å². The molecule has 2 unspecified atom stereocenters. The van der Waals surface area contributed by atoms with Crippen molar-refractivity contribution in [1.82, 2.24) is 10.2 Å². The lowest BCUT2D eigenvalue weighted by Crippen LogP contribution is -2.30. The minimum Gasteiger partial charge on any atom is -0.381 e. The molecule has 0 aromatic rings. The van der Waals surface area contributed by atoms with Crippen molar-refractivity contribution in [2.75, 3.05) is 26.4 Å². The lowest BCUT2D eigenvalue weighted by Gasteiger charge is -2.16. The van der Waals surface area contributed by atoms with Gasteiger partial charge in [0.15, 0.2) is 0 Å². The summed E-state index contributed by atoms with van der Waals surface area (Å²) in [6.45, 7) is 5.29. The number of carbonyl (C=O) groups is 1. The molecule has 4 heteroatoms. The highest BCUT2D eigenvalue weighted by atomic mass is 16.5. The van der Waals surface area contributed by atoms with Gasteiger partial charge in [-0.2, -0.15) is 0 Å². The number of rotatable bonds is 3. The summed E-state index contributed by atoms with van der Waals surface area (Å²) in [7, 11) is 0. The maximum Gasteiger partial charge on any atom is 0.240 e. The van der Waals surface area contributed by atoms with Gasteiger partial charge in [0, 0.05) is 19.8 Å². The van der Waals surface area contributed by atoms with Crippen LogP contribution in [0.3, 0.4) is 0 Å². The third-order valence-electron chi connectivity index (χ3n) is 3.10. The van der Waals surface area contributed by atoms with Gasteiger partial charge in [0.25, 0.3) is 0 Å². The molecular weight excluding hydrogens is 180 g/mol. The van der Waals surface area contributed by atoms with Gasteiger partial charge in [0.1, 0.15) is 0 Å². The molecule has 0 aliphatic carbocycles. The molecule has 80 valence electrons. The van der Waals surface area contributed by atoms with Crippen molar-refractivity contribution in [2.24, 2.45) is 5.92 Å². The van der Waals surface area contributed by atoms with Gasteiger partial charge >= 0.3 is 0 Å². The molecule has 2 atom stereocenters. The molecule has 0 aromatic heterocycles. The van der Waals surface area contributed by atoms with Gasteiger partial charge in [-0.05, 0) is 25.7 Å². The molecule has 1 amide bonds. The Morgan fingerprint density at radius 3 is 3.07 bits per heavy atom. The molecule has 0 bridgehead atoms.